The molecule has 2 aromatic rings. The van der Waals surface area contributed by atoms with Gasteiger partial charge in [-0.1, -0.05) is 35.3 Å². The Morgan fingerprint density at radius 3 is 2.60 bits per heavy atom. The van der Waals surface area contributed by atoms with Crippen LogP contribution in [-0.4, -0.2) is 5.91 Å². The Morgan fingerprint density at radius 2 is 1.95 bits per heavy atom. The van der Waals surface area contributed by atoms with Crippen molar-refractivity contribution in [1.29, 1.82) is 0 Å². The molecule has 0 saturated heterocycles. The summed E-state index contributed by atoms with van der Waals surface area (Å²) in [6.07, 6.45) is 0.0588. The fraction of sp³-hybridized carbons (Fsp3) is 0.133. The molecule has 0 radical (unpaired) electrons. The quantitative estimate of drug-likeness (QED) is 0.880. The van der Waals surface area contributed by atoms with Gasteiger partial charge in [-0.2, -0.15) is 0 Å². The fourth-order valence-electron chi connectivity index (χ4n) is 1.75. The predicted octanol–water partition coefficient (Wildman–Crippen LogP) is 4.62. The maximum atomic E-state index is 13.6. The number of carbonyl (C=O) groups excluding carboxylic acids is 1. The van der Waals surface area contributed by atoms with Gasteiger partial charge in [-0.3, -0.25) is 4.79 Å². The summed E-state index contributed by atoms with van der Waals surface area (Å²) in [6.45, 7) is 1.78. The normalized spacial score (nSPS) is 10.4. The van der Waals surface area contributed by atoms with Crippen LogP contribution in [-0.2, 0) is 11.2 Å². The van der Waals surface area contributed by atoms with Crippen LogP contribution in [0, 0.1) is 12.7 Å². The van der Waals surface area contributed by atoms with E-state index >= 15 is 0 Å². The summed E-state index contributed by atoms with van der Waals surface area (Å²) in [5.41, 5.74) is 1.59. The van der Waals surface area contributed by atoms with Crippen molar-refractivity contribution >= 4 is 34.8 Å². The van der Waals surface area contributed by atoms with Gasteiger partial charge in [0.05, 0.1) is 12.1 Å². The first-order valence-corrected chi connectivity index (χ1v) is 6.71. The Morgan fingerprint density at radius 1 is 1.20 bits per heavy atom. The monoisotopic (exact) mass is 311 g/mol. The summed E-state index contributed by atoms with van der Waals surface area (Å²) < 4.78 is 13.6. The summed E-state index contributed by atoms with van der Waals surface area (Å²) in [5, 5.41) is 3.44. The lowest BCUT2D eigenvalue weighted by atomic mass is 10.1. The van der Waals surface area contributed by atoms with Gasteiger partial charge in [-0.25, -0.2) is 4.39 Å². The van der Waals surface area contributed by atoms with Gasteiger partial charge in [-0.05, 0) is 42.3 Å². The van der Waals surface area contributed by atoms with Crippen LogP contribution in [0.25, 0.3) is 0 Å². The zero-order valence-electron chi connectivity index (χ0n) is 10.7. The number of benzene rings is 2. The Balaban J connectivity index is 2.09. The van der Waals surface area contributed by atoms with Crippen molar-refractivity contribution in [2.24, 2.45) is 0 Å². The number of halogens is 3. The summed E-state index contributed by atoms with van der Waals surface area (Å²) in [6, 6.07) is 9.53. The number of aryl methyl sites for hydroxylation is 1. The molecule has 0 saturated carbocycles. The van der Waals surface area contributed by atoms with Gasteiger partial charge in [0.2, 0.25) is 5.91 Å². The molecule has 0 aliphatic carbocycles. The zero-order chi connectivity index (χ0) is 14.7. The standard InChI is InChI=1S/C15H12Cl2FNO/c1-9-2-5-14(13(18)6-9)19-15(20)7-10-3-4-11(16)8-12(10)17/h2-6,8H,7H2,1H3,(H,19,20). The zero-order valence-corrected chi connectivity index (χ0v) is 12.2. The van der Waals surface area contributed by atoms with E-state index in [0.717, 1.165) is 5.56 Å². The number of amides is 1. The SMILES string of the molecule is Cc1ccc(NC(=O)Cc2ccc(Cl)cc2Cl)c(F)c1. The molecule has 0 aromatic heterocycles. The average molecular weight is 312 g/mol. The number of rotatable bonds is 3. The molecule has 1 amide bonds. The Hall–Kier alpha value is -1.58. The first-order valence-electron chi connectivity index (χ1n) is 5.95. The first-order chi connectivity index (χ1) is 9.45. The van der Waals surface area contributed by atoms with Crippen molar-refractivity contribution < 1.29 is 9.18 Å². The molecule has 0 atom stereocenters. The highest BCUT2D eigenvalue weighted by molar-refractivity contribution is 6.35. The number of hydrogen-bond acceptors (Lipinski definition) is 1. The first kappa shape index (κ1) is 14.8. The third-order valence-electron chi connectivity index (χ3n) is 2.76. The highest BCUT2D eigenvalue weighted by atomic mass is 35.5. The van der Waals surface area contributed by atoms with E-state index in [1.807, 2.05) is 0 Å². The molecule has 2 nitrogen and oxygen atoms in total. The summed E-state index contributed by atoms with van der Waals surface area (Å²) in [5.74, 6) is -0.794. The molecular weight excluding hydrogens is 300 g/mol. The predicted molar refractivity (Wildman–Crippen MR) is 79.9 cm³/mol. The van der Waals surface area contributed by atoms with E-state index in [4.69, 9.17) is 23.2 Å². The van der Waals surface area contributed by atoms with Crippen LogP contribution in [0.5, 0.6) is 0 Å². The highest BCUT2D eigenvalue weighted by Crippen LogP contribution is 2.22. The third kappa shape index (κ3) is 3.71. The summed E-state index contributed by atoms with van der Waals surface area (Å²) in [4.78, 5) is 11.9. The number of nitrogens with one attached hydrogen (secondary N) is 1. The third-order valence-corrected chi connectivity index (χ3v) is 3.35. The van der Waals surface area contributed by atoms with Crippen molar-refractivity contribution in [3.8, 4) is 0 Å². The molecule has 0 heterocycles. The van der Waals surface area contributed by atoms with Gasteiger partial charge in [0, 0.05) is 10.0 Å². The molecule has 5 heteroatoms. The second kappa shape index (κ2) is 6.25. The van der Waals surface area contributed by atoms with Crippen LogP contribution >= 0.6 is 23.2 Å². The van der Waals surface area contributed by atoms with Gasteiger partial charge in [-0.15, -0.1) is 0 Å². The highest BCUT2D eigenvalue weighted by Gasteiger charge is 2.10. The van der Waals surface area contributed by atoms with Crippen LogP contribution in [0.1, 0.15) is 11.1 Å². The van der Waals surface area contributed by atoms with E-state index in [1.54, 1.807) is 31.2 Å². The maximum absolute atomic E-state index is 13.6. The molecule has 0 aliphatic rings. The summed E-state index contributed by atoms with van der Waals surface area (Å²) >= 11 is 11.8. The Bertz CT molecular complexity index is 603. The maximum Gasteiger partial charge on any atom is 0.228 e. The molecule has 0 unspecified atom stereocenters. The van der Waals surface area contributed by atoms with Gasteiger partial charge in [0.25, 0.3) is 0 Å². The van der Waals surface area contributed by atoms with Crippen LogP contribution in [0.2, 0.25) is 10.0 Å². The minimum atomic E-state index is -0.458. The second-order valence-electron chi connectivity index (χ2n) is 4.44. The molecule has 0 aliphatic heterocycles. The lowest BCUT2D eigenvalue weighted by molar-refractivity contribution is -0.115. The van der Waals surface area contributed by atoms with Crippen molar-refractivity contribution in [3.05, 3.63) is 63.4 Å². The average Bonchev–Trinajstić information content (AvgIpc) is 2.36. The molecule has 20 heavy (non-hydrogen) atoms. The van der Waals surface area contributed by atoms with E-state index in [1.165, 1.54) is 12.1 Å². The minimum Gasteiger partial charge on any atom is -0.323 e. The lowest BCUT2D eigenvalue weighted by Gasteiger charge is -2.08. The van der Waals surface area contributed by atoms with Crippen LogP contribution in [0.4, 0.5) is 10.1 Å². The largest absolute Gasteiger partial charge is 0.323 e. The van der Waals surface area contributed by atoms with E-state index in [-0.39, 0.29) is 18.0 Å². The van der Waals surface area contributed by atoms with Crippen molar-refractivity contribution in [1.82, 2.24) is 0 Å². The van der Waals surface area contributed by atoms with E-state index in [0.29, 0.717) is 15.6 Å². The van der Waals surface area contributed by atoms with E-state index in [9.17, 15) is 9.18 Å². The molecule has 1 N–H and O–H groups in total. The molecular formula is C15H12Cl2FNO. The van der Waals surface area contributed by atoms with Crippen LogP contribution in [0.3, 0.4) is 0 Å². The van der Waals surface area contributed by atoms with Gasteiger partial charge in [0.1, 0.15) is 5.82 Å². The second-order valence-corrected chi connectivity index (χ2v) is 5.29. The van der Waals surface area contributed by atoms with E-state index in [2.05, 4.69) is 5.32 Å². The molecule has 2 aromatic carbocycles. The van der Waals surface area contributed by atoms with Gasteiger partial charge in [0.15, 0.2) is 0 Å². The number of hydrogen-bond donors (Lipinski definition) is 1. The molecule has 0 spiro atoms. The number of anilines is 1. The molecule has 104 valence electrons. The van der Waals surface area contributed by atoms with Crippen molar-refractivity contribution in [2.75, 3.05) is 5.32 Å². The smallest absolute Gasteiger partial charge is 0.228 e. The molecule has 0 bridgehead atoms. The van der Waals surface area contributed by atoms with Gasteiger partial charge >= 0.3 is 0 Å². The van der Waals surface area contributed by atoms with Crippen LogP contribution in [0.15, 0.2) is 36.4 Å². The van der Waals surface area contributed by atoms with Crippen LogP contribution < -0.4 is 5.32 Å². The Labute approximate surface area is 126 Å². The lowest BCUT2D eigenvalue weighted by Crippen LogP contribution is -2.15. The van der Waals surface area contributed by atoms with Gasteiger partial charge < -0.3 is 5.32 Å². The Kier molecular flexibility index (Phi) is 4.63. The fourth-order valence-corrected chi connectivity index (χ4v) is 2.23. The number of carbonyl (C=O) groups is 1. The molecule has 0 fully saturated rings. The topological polar surface area (TPSA) is 29.1 Å². The van der Waals surface area contributed by atoms with E-state index < -0.39 is 5.82 Å². The summed E-state index contributed by atoms with van der Waals surface area (Å²) in [7, 11) is 0. The molecule has 2 rings (SSSR count). The van der Waals surface area contributed by atoms with Crippen molar-refractivity contribution in [2.45, 2.75) is 13.3 Å². The minimum absolute atomic E-state index is 0.0588. The van der Waals surface area contributed by atoms with Crippen molar-refractivity contribution in [3.63, 3.8) is 0 Å².